The van der Waals surface area contributed by atoms with Crippen molar-refractivity contribution in [3.8, 4) is 0 Å². The van der Waals surface area contributed by atoms with Gasteiger partial charge in [0.15, 0.2) is 0 Å². The third-order valence-electron chi connectivity index (χ3n) is 3.85. The zero-order valence-corrected chi connectivity index (χ0v) is 16.4. The van der Waals surface area contributed by atoms with Crippen LogP contribution in [0.25, 0.3) is 0 Å². The first-order valence-corrected chi connectivity index (χ1v) is 9.50. The van der Waals surface area contributed by atoms with Gasteiger partial charge in [-0.15, -0.1) is 11.8 Å². The van der Waals surface area contributed by atoms with Crippen molar-refractivity contribution in [1.82, 2.24) is 0 Å². The monoisotopic (exact) mass is 418 g/mol. The fourth-order valence-corrected chi connectivity index (χ4v) is 3.02. The standard InChI is InChI=1S/C18H18N4O6S/c1-11-3-5-13(7-15(11)21(25)26)19-17(23)9-29-10-18(24)20-14-6-4-12(2)16(8-14)22(27)28/h3-8H,9-10H2,1-2H3,(H,19,23)(H,20,24). The second kappa shape index (κ2) is 9.64. The van der Waals surface area contributed by atoms with E-state index in [1.165, 1.54) is 24.3 Å². The lowest BCUT2D eigenvalue weighted by Crippen LogP contribution is -2.18. The molecule has 0 atom stereocenters. The Kier molecular flexibility index (Phi) is 7.26. The van der Waals surface area contributed by atoms with Crippen molar-refractivity contribution in [2.45, 2.75) is 13.8 Å². The van der Waals surface area contributed by atoms with E-state index in [1.54, 1.807) is 26.0 Å². The van der Waals surface area contributed by atoms with Crippen LogP contribution in [0.15, 0.2) is 36.4 Å². The highest BCUT2D eigenvalue weighted by atomic mass is 32.2. The molecule has 2 amide bonds. The zero-order valence-electron chi connectivity index (χ0n) is 15.6. The van der Waals surface area contributed by atoms with Gasteiger partial charge in [0, 0.05) is 34.6 Å². The number of aryl methyl sites for hydroxylation is 2. The number of nitrogens with one attached hydrogen (secondary N) is 2. The van der Waals surface area contributed by atoms with E-state index in [0.717, 1.165) is 11.8 Å². The van der Waals surface area contributed by atoms with Crippen molar-refractivity contribution in [1.29, 1.82) is 0 Å². The normalized spacial score (nSPS) is 10.3. The Hall–Kier alpha value is -3.47. The van der Waals surface area contributed by atoms with E-state index in [4.69, 9.17) is 0 Å². The van der Waals surface area contributed by atoms with Gasteiger partial charge in [0.25, 0.3) is 11.4 Å². The number of anilines is 2. The van der Waals surface area contributed by atoms with E-state index in [0.29, 0.717) is 22.5 Å². The minimum Gasteiger partial charge on any atom is -0.325 e. The Bertz CT molecular complexity index is 901. The van der Waals surface area contributed by atoms with Crippen LogP contribution >= 0.6 is 11.8 Å². The molecule has 0 saturated carbocycles. The maximum atomic E-state index is 12.0. The summed E-state index contributed by atoms with van der Waals surface area (Å²) in [7, 11) is 0. The van der Waals surface area contributed by atoms with E-state index < -0.39 is 21.7 Å². The molecule has 0 bridgehead atoms. The summed E-state index contributed by atoms with van der Waals surface area (Å²) in [5, 5.41) is 27.0. The number of nitrogens with zero attached hydrogens (tertiary/aromatic N) is 2. The van der Waals surface area contributed by atoms with E-state index in [2.05, 4.69) is 10.6 Å². The molecule has 0 spiro atoms. The van der Waals surface area contributed by atoms with Crippen LogP contribution in [0.1, 0.15) is 11.1 Å². The number of amides is 2. The molecular weight excluding hydrogens is 400 g/mol. The van der Waals surface area contributed by atoms with E-state index in [1.807, 2.05) is 0 Å². The first-order valence-electron chi connectivity index (χ1n) is 8.35. The van der Waals surface area contributed by atoms with Gasteiger partial charge in [0.1, 0.15) is 0 Å². The van der Waals surface area contributed by atoms with Gasteiger partial charge >= 0.3 is 0 Å². The average molecular weight is 418 g/mol. The predicted molar refractivity (Wildman–Crippen MR) is 110 cm³/mol. The average Bonchev–Trinajstić information content (AvgIpc) is 2.64. The molecule has 0 heterocycles. The van der Waals surface area contributed by atoms with E-state index in [-0.39, 0.29) is 22.9 Å². The maximum absolute atomic E-state index is 12.0. The topological polar surface area (TPSA) is 144 Å². The lowest BCUT2D eigenvalue weighted by atomic mass is 10.2. The third-order valence-corrected chi connectivity index (χ3v) is 4.78. The second-order valence-electron chi connectivity index (χ2n) is 6.11. The molecule has 0 saturated heterocycles. The number of nitro groups is 2. The number of carbonyl (C=O) groups excluding carboxylic acids is 2. The van der Waals surface area contributed by atoms with Crippen molar-refractivity contribution in [3.05, 3.63) is 67.8 Å². The smallest absolute Gasteiger partial charge is 0.274 e. The summed E-state index contributed by atoms with van der Waals surface area (Å²) in [6, 6.07) is 8.73. The van der Waals surface area contributed by atoms with Gasteiger partial charge in [-0.05, 0) is 26.0 Å². The lowest BCUT2D eigenvalue weighted by molar-refractivity contribution is -0.385. The summed E-state index contributed by atoms with van der Waals surface area (Å²) in [6.07, 6.45) is 0. The van der Waals surface area contributed by atoms with Crippen molar-refractivity contribution in [3.63, 3.8) is 0 Å². The van der Waals surface area contributed by atoms with Crippen molar-refractivity contribution < 1.29 is 19.4 Å². The van der Waals surface area contributed by atoms with Crippen LogP contribution in [0, 0.1) is 34.1 Å². The fraction of sp³-hybridized carbons (Fsp3) is 0.222. The lowest BCUT2D eigenvalue weighted by Gasteiger charge is -2.07. The number of thioether (sulfide) groups is 1. The Morgan fingerprint density at radius 3 is 1.55 bits per heavy atom. The minimum absolute atomic E-state index is 0.0386. The number of rotatable bonds is 8. The first kappa shape index (κ1) is 21.8. The second-order valence-corrected chi connectivity index (χ2v) is 7.09. The molecule has 0 unspecified atom stereocenters. The quantitative estimate of drug-likeness (QED) is 0.493. The molecule has 0 aliphatic rings. The van der Waals surface area contributed by atoms with Crippen LogP contribution in [0.2, 0.25) is 0 Å². The Morgan fingerprint density at radius 2 is 1.21 bits per heavy atom. The van der Waals surface area contributed by atoms with Gasteiger partial charge in [-0.25, -0.2) is 0 Å². The first-order chi connectivity index (χ1) is 13.7. The zero-order chi connectivity index (χ0) is 21.6. The molecule has 152 valence electrons. The van der Waals surface area contributed by atoms with Gasteiger partial charge in [0.2, 0.25) is 11.8 Å². The summed E-state index contributed by atoms with van der Waals surface area (Å²) < 4.78 is 0. The molecule has 10 nitrogen and oxygen atoms in total. The molecule has 2 rings (SSSR count). The van der Waals surface area contributed by atoms with Gasteiger partial charge in [-0.1, -0.05) is 12.1 Å². The van der Waals surface area contributed by atoms with Gasteiger partial charge in [-0.3, -0.25) is 29.8 Å². The van der Waals surface area contributed by atoms with Gasteiger partial charge in [0.05, 0.1) is 21.4 Å². The van der Waals surface area contributed by atoms with Crippen LogP contribution in [0.3, 0.4) is 0 Å². The number of benzene rings is 2. The predicted octanol–water partition coefficient (Wildman–Crippen LogP) is 3.43. The molecular formula is C18H18N4O6S. The molecule has 0 aliphatic heterocycles. The largest absolute Gasteiger partial charge is 0.325 e. The van der Waals surface area contributed by atoms with Crippen molar-refractivity contribution in [2.75, 3.05) is 22.1 Å². The summed E-state index contributed by atoms with van der Waals surface area (Å²) in [5.74, 6) is -0.898. The van der Waals surface area contributed by atoms with Crippen LogP contribution < -0.4 is 10.6 Å². The van der Waals surface area contributed by atoms with Crippen molar-refractivity contribution >= 4 is 46.3 Å². The van der Waals surface area contributed by atoms with Crippen LogP contribution in [0.4, 0.5) is 22.7 Å². The number of hydrogen-bond donors (Lipinski definition) is 2. The summed E-state index contributed by atoms with van der Waals surface area (Å²) >= 11 is 1.04. The molecule has 29 heavy (non-hydrogen) atoms. The Balaban J connectivity index is 1.84. The van der Waals surface area contributed by atoms with E-state index >= 15 is 0 Å². The van der Waals surface area contributed by atoms with Crippen molar-refractivity contribution in [2.24, 2.45) is 0 Å². The summed E-state index contributed by atoms with van der Waals surface area (Å²) in [6.45, 7) is 3.20. The highest BCUT2D eigenvalue weighted by Crippen LogP contribution is 2.23. The van der Waals surface area contributed by atoms with Gasteiger partial charge in [-0.2, -0.15) is 0 Å². The Morgan fingerprint density at radius 1 is 0.828 bits per heavy atom. The molecule has 2 aromatic carbocycles. The fourth-order valence-electron chi connectivity index (χ4n) is 2.40. The third kappa shape index (κ3) is 6.28. The highest BCUT2D eigenvalue weighted by Gasteiger charge is 2.14. The van der Waals surface area contributed by atoms with Gasteiger partial charge < -0.3 is 10.6 Å². The highest BCUT2D eigenvalue weighted by molar-refractivity contribution is 8.00. The molecule has 2 N–H and O–H groups in total. The number of hydrogen-bond acceptors (Lipinski definition) is 7. The maximum Gasteiger partial charge on any atom is 0.274 e. The SMILES string of the molecule is Cc1ccc(NC(=O)CSCC(=O)Nc2ccc(C)c([N+](=O)[O-])c2)cc1[N+](=O)[O-]. The molecule has 2 aromatic rings. The molecule has 0 aromatic heterocycles. The van der Waals surface area contributed by atoms with Crippen LogP contribution in [-0.2, 0) is 9.59 Å². The number of nitro benzene ring substituents is 2. The molecule has 0 radical (unpaired) electrons. The Labute approximate surface area is 170 Å². The van der Waals surface area contributed by atoms with E-state index in [9.17, 15) is 29.8 Å². The molecule has 0 fully saturated rings. The van der Waals surface area contributed by atoms with Crippen LogP contribution in [-0.4, -0.2) is 33.2 Å². The molecule has 0 aliphatic carbocycles. The molecule has 11 heteroatoms. The minimum atomic E-state index is -0.528. The summed E-state index contributed by atoms with van der Waals surface area (Å²) in [4.78, 5) is 44.8. The van der Waals surface area contributed by atoms with Crippen LogP contribution in [0.5, 0.6) is 0 Å². The number of carbonyl (C=O) groups is 2. The summed E-state index contributed by atoms with van der Waals surface area (Å²) in [5.41, 5.74) is 1.36.